The Morgan fingerprint density at radius 3 is 2.40 bits per heavy atom. The molecule has 1 rings (SSSR count). The lowest BCUT2D eigenvalue weighted by atomic mass is 10.2. The first kappa shape index (κ1) is 15.7. The van der Waals surface area contributed by atoms with Crippen LogP contribution in [0, 0.1) is 0 Å². The number of hydrogen-bond donors (Lipinski definition) is 2. The largest absolute Gasteiger partial charge is 0.452 e. The van der Waals surface area contributed by atoms with Gasteiger partial charge in [0.25, 0.3) is 11.8 Å². The molecule has 2 N–H and O–H groups in total. The molecule has 108 valence electrons. The molecule has 20 heavy (non-hydrogen) atoms. The van der Waals surface area contributed by atoms with Crippen molar-refractivity contribution in [1.82, 2.24) is 10.9 Å². The highest BCUT2D eigenvalue weighted by molar-refractivity contribution is 5.95. The molecule has 0 aromatic heterocycles. The molecule has 0 bridgehead atoms. The van der Waals surface area contributed by atoms with E-state index in [1.807, 2.05) is 6.92 Å². The van der Waals surface area contributed by atoms with Crippen molar-refractivity contribution in [2.24, 2.45) is 0 Å². The molecule has 0 saturated carbocycles. The Hall–Kier alpha value is -2.37. The lowest BCUT2D eigenvalue weighted by molar-refractivity contribution is -0.155. The summed E-state index contributed by atoms with van der Waals surface area (Å²) in [6.45, 7) is 3.28. The highest BCUT2D eigenvalue weighted by Gasteiger charge is 2.17. The SMILES string of the molecule is CCCC(=O)O[C@@H](C)C(=O)NNC(=O)c1ccccc1. The second-order valence-corrected chi connectivity index (χ2v) is 4.19. The monoisotopic (exact) mass is 278 g/mol. The summed E-state index contributed by atoms with van der Waals surface area (Å²) in [6, 6.07) is 8.45. The summed E-state index contributed by atoms with van der Waals surface area (Å²) in [5.41, 5.74) is 4.89. The van der Waals surface area contributed by atoms with E-state index in [2.05, 4.69) is 10.9 Å². The van der Waals surface area contributed by atoms with Gasteiger partial charge in [-0.2, -0.15) is 0 Å². The summed E-state index contributed by atoms with van der Waals surface area (Å²) in [5, 5.41) is 0. The lowest BCUT2D eigenvalue weighted by Gasteiger charge is -2.13. The van der Waals surface area contributed by atoms with E-state index >= 15 is 0 Å². The Bertz CT molecular complexity index is 473. The fourth-order valence-electron chi connectivity index (χ4n) is 1.40. The van der Waals surface area contributed by atoms with E-state index in [0.717, 1.165) is 0 Å². The van der Waals surface area contributed by atoms with Gasteiger partial charge in [-0.3, -0.25) is 25.2 Å². The number of esters is 1. The third-order valence-corrected chi connectivity index (χ3v) is 2.47. The number of amides is 2. The van der Waals surface area contributed by atoms with E-state index in [-0.39, 0.29) is 6.42 Å². The third kappa shape index (κ3) is 5.09. The van der Waals surface area contributed by atoms with Crippen LogP contribution in [0.15, 0.2) is 30.3 Å². The van der Waals surface area contributed by atoms with Crippen molar-refractivity contribution in [2.45, 2.75) is 32.8 Å². The van der Waals surface area contributed by atoms with Crippen LogP contribution in [0.25, 0.3) is 0 Å². The van der Waals surface area contributed by atoms with Crippen molar-refractivity contribution in [3.8, 4) is 0 Å². The van der Waals surface area contributed by atoms with Gasteiger partial charge in [-0.15, -0.1) is 0 Å². The fraction of sp³-hybridized carbons (Fsp3) is 0.357. The first-order chi connectivity index (χ1) is 9.54. The van der Waals surface area contributed by atoms with Crippen molar-refractivity contribution < 1.29 is 19.1 Å². The second-order valence-electron chi connectivity index (χ2n) is 4.19. The third-order valence-electron chi connectivity index (χ3n) is 2.47. The molecular formula is C14H18N2O4. The van der Waals surface area contributed by atoms with Crippen molar-refractivity contribution >= 4 is 17.8 Å². The summed E-state index contributed by atoms with van der Waals surface area (Å²) in [5.74, 6) is -1.46. The van der Waals surface area contributed by atoms with Crippen molar-refractivity contribution in [3.63, 3.8) is 0 Å². The Kier molecular flexibility index (Phi) is 6.22. The van der Waals surface area contributed by atoms with Gasteiger partial charge in [0.2, 0.25) is 0 Å². The Balaban J connectivity index is 2.39. The minimum absolute atomic E-state index is 0.258. The zero-order chi connectivity index (χ0) is 15.0. The smallest absolute Gasteiger partial charge is 0.306 e. The van der Waals surface area contributed by atoms with Crippen LogP contribution in [0.2, 0.25) is 0 Å². The van der Waals surface area contributed by atoms with Gasteiger partial charge in [0, 0.05) is 12.0 Å². The van der Waals surface area contributed by atoms with Crippen LogP contribution in [-0.2, 0) is 14.3 Å². The minimum Gasteiger partial charge on any atom is -0.452 e. The van der Waals surface area contributed by atoms with E-state index in [9.17, 15) is 14.4 Å². The van der Waals surface area contributed by atoms with Crippen LogP contribution in [0.1, 0.15) is 37.0 Å². The van der Waals surface area contributed by atoms with Gasteiger partial charge in [-0.25, -0.2) is 0 Å². The molecular weight excluding hydrogens is 260 g/mol. The second kappa shape index (κ2) is 7.93. The molecule has 0 spiro atoms. The van der Waals surface area contributed by atoms with Gasteiger partial charge in [-0.1, -0.05) is 25.1 Å². The summed E-state index contributed by atoms with van der Waals surface area (Å²) in [7, 11) is 0. The molecule has 6 heteroatoms. The molecule has 2 amide bonds. The van der Waals surface area contributed by atoms with E-state index in [0.29, 0.717) is 12.0 Å². The molecule has 0 unspecified atom stereocenters. The lowest BCUT2D eigenvalue weighted by Crippen LogP contribution is -2.46. The molecule has 0 fully saturated rings. The maximum absolute atomic E-state index is 11.7. The maximum atomic E-state index is 11.7. The maximum Gasteiger partial charge on any atom is 0.306 e. The van der Waals surface area contributed by atoms with Gasteiger partial charge in [0.15, 0.2) is 6.10 Å². The van der Waals surface area contributed by atoms with Crippen LogP contribution in [0.5, 0.6) is 0 Å². The minimum atomic E-state index is -0.954. The normalized spacial score (nSPS) is 11.3. The Morgan fingerprint density at radius 1 is 1.15 bits per heavy atom. The molecule has 0 aliphatic carbocycles. The van der Waals surface area contributed by atoms with Crippen molar-refractivity contribution in [1.29, 1.82) is 0 Å². The van der Waals surface area contributed by atoms with E-state index in [4.69, 9.17) is 4.74 Å². The number of ether oxygens (including phenoxy) is 1. The molecule has 0 heterocycles. The number of rotatable bonds is 5. The van der Waals surface area contributed by atoms with E-state index in [1.54, 1.807) is 30.3 Å². The summed E-state index contributed by atoms with van der Waals surface area (Å²) in [4.78, 5) is 34.5. The van der Waals surface area contributed by atoms with Crippen LogP contribution in [0.3, 0.4) is 0 Å². The molecule has 0 aliphatic heterocycles. The average molecular weight is 278 g/mol. The standard InChI is InChI=1S/C14H18N2O4/c1-3-7-12(17)20-10(2)13(18)15-16-14(19)11-8-5-4-6-9-11/h4-6,8-10H,3,7H2,1-2H3,(H,15,18)(H,16,19)/t10-/m0/s1. The van der Waals surface area contributed by atoms with Crippen molar-refractivity contribution in [3.05, 3.63) is 35.9 Å². The highest BCUT2D eigenvalue weighted by atomic mass is 16.5. The summed E-state index contributed by atoms with van der Waals surface area (Å²) >= 11 is 0. The van der Waals surface area contributed by atoms with Crippen molar-refractivity contribution in [2.75, 3.05) is 0 Å². The van der Waals surface area contributed by atoms with Gasteiger partial charge in [-0.05, 0) is 25.5 Å². The predicted octanol–water partition coefficient (Wildman–Crippen LogP) is 1.18. The molecule has 0 radical (unpaired) electrons. The van der Waals surface area contributed by atoms with E-state index in [1.165, 1.54) is 6.92 Å². The molecule has 6 nitrogen and oxygen atoms in total. The van der Waals surface area contributed by atoms with Crippen LogP contribution in [-0.4, -0.2) is 23.9 Å². The number of carbonyl (C=O) groups excluding carboxylic acids is 3. The average Bonchev–Trinajstić information content (AvgIpc) is 2.45. The number of carbonyl (C=O) groups is 3. The number of benzene rings is 1. The zero-order valence-corrected chi connectivity index (χ0v) is 11.5. The van der Waals surface area contributed by atoms with Crippen LogP contribution >= 0.6 is 0 Å². The topological polar surface area (TPSA) is 84.5 Å². The van der Waals surface area contributed by atoms with Crippen LogP contribution in [0.4, 0.5) is 0 Å². The molecule has 0 saturated heterocycles. The van der Waals surface area contributed by atoms with Crippen LogP contribution < -0.4 is 10.9 Å². The Labute approximate surface area is 117 Å². The van der Waals surface area contributed by atoms with Gasteiger partial charge in [0.1, 0.15) is 0 Å². The van der Waals surface area contributed by atoms with Gasteiger partial charge < -0.3 is 4.74 Å². The predicted molar refractivity (Wildman–Crippen MR) is 72.5 cm³/mol. The summed E-state index contributed by atoms with van der Waals surface area (Å²) < 4.78 is 4.89. The number of hydrogen-bond acceptors (Lipinski definition) is 4. The number of hydrazine groups is 1. The van der Waals surface area contributed by atoms with Gasteiger partial charge >= 0.3 is 5.97 Å². The molecule has 1 atom stereocenters. The fourth-order valence-corrected chi connectivity index (χ4v) is 1.40. The molecule has 1 aromatic carbocycles. The highest BCUT2D eigenvalue weighted by Crippen LogP contribution is 1.98. The zero-order valence-electron chi connectivity index (χ0n) is 11.5. The molecule has 1 aromatic rings. The van der Waals surface area contributed by atoms with Gasteiger partial charge in [0.05, 0.1) is 0 Å². The Morgan fingerprint density at radius 2 is 1.80 bits per heavy atom. The number of nitrogens with one attached hydrogen (secondary N) is 2. The quantitative estimate of drug-likeness (QED) is 0.625. The first-order valence-corrected chi connectivity index (χ1v) is 6.39. The molecule has 0 aliphatic rings. The summed E-state index contributed by atoms with van der Waals surface area (Å²) in [6.07, 6.45) is -0.0449. The van der Waals surface area contributed by atoms with E-state index < -0.39 is 23.9 Å². The first-order valence-electron chi connectivity index (χ1n) is 6.39.